The number of methoxy groups -OCH3 is 2. The lowest BCUT2D eigenvalue weighted by Gasteiger charge is -2.49. The first-order valence-electron chi connectivity index (χ1n) is 17.1. The molecule has 310 valence electrons. The third-order valence-electron chi connectivity index (χ3n) is 9.92. The highest BCUT2D eigenvalue weighted by Gasteiger charge is 2.58. The van der Waals surface area contributed by atoms with Crippen molar-refractivity contribution in [2.24, 2.45) is 11.8 Å². The average Bonchev–Trinajstić information content (AvgIpc) is 3.81. The lowest BCUT2D eigenvalue weighted by atomic mass is 9.66. The lowest BCUT2D eigenvalue weighted by molar-refractivity contribution is -0.365. The van der Waals surface area contributed by atoms with E-state index in [1.807, 2.05) is 0 Å². The topological polar surface area (TPSA) is 179 Å². The molecule has 0 spiro atoms. The summed E-state index contributed by atoms with van der Waals surface area (Å²) >= 11 is 35.0. The molecular weight excluding hydrogens is 889 g/mol. The van der Waals surface area contributed by atoms with Crippen LogP contribution in [0.15, 0.2) is 24.3 Å². The number of hydrogen-bond donors (Lipinski definition) is 0. The molecule has 0 saturated carbocycles. The van der Waals surface area contributed by atoms with E-state index in [9.17, 15) is 19.2 Å². The van der Waals surface area contributed by atoms with E-state index in [-0.39, 0.29) is 37.3 Å². The molecule has 3 fully saturated rings. The van der Waals surface area contributed by atoms with E-state index < -0.39 is 99.2 Å². The van der Waals surface area contributed by atoms with Crippen molar-refractivity contribution in [3.63, 3.8) is 0 Å². The van der Waals surface area contributed by atoms with E-state index >= 15 is 0 Å². The Hall–Kier alpha value is -2.90. The second-order valence-electron chi connectivity index (χ2n) is 13.1. The molecule has 2 aromatic rings. The van der Waals surface area contributed by atoms with Crippen molar-refractivity contribution in [2.75, 3.05) is 34.2 Å². The molecule has 0 unspecified atom stereocenters. The number of esters is 4. The second kappa shape index (κ2) is 17.4. The molecular formula is C35H32Cl6O16. The molecule has 0 N–H and O–H groups in total. The van der Waals surface area contributed by atoms with Crippen LogP contribution in [0.5, 0.6) is 28.7 Å². The minimum Gasteiger partial charge on any atom is -0.493 e. The second-order valence-corrected chi connectivity index (χ2v) is 16.4. The summed E-state index contributed by atoms with van der Waals surface area (Å²) < 4.78 is 70.0. The molecule has 0 bridgehead atoms. The Morgan fingerprint density at radius 2 is 1.35 bits per heavy atom. The number of halogens is 6. The minimum atomic E-state index is -1.67. The van der Waals surface area contributed by atoms with Crippen molar-refractivity contribution in [2.45, 2.75) is 70.5 Å². The van der Waals surface area contributed by atoms with Crippen LogP contribution < -0.4 is 23.7 Å². The van der Waals surface area contributed by atoms with Gasteiger partial charge in [0.25, 0.3) is 0 Å². The fraction of sp³-hybridized carbons (Fsp3) is 0.543. The van der Waals surface area contributed by atoms with E-state index in [1.54, 1.807) is 31.2 Å². The minimum absolute atomic E-state index is 0.0553. The molecule has 7 rings (SSSR count). The quantitative estimate of drug-likeness (QED) is 0.126. The molecule has 4 heterocycles. The first kappa shape index (κ1) is 42.2. The summed E-state index contributed by atoms with van der Waals surface area (Å²) in [5.74, 6) is -5.48. The Bertz CT molecular complexity index is 1870. The maximum atomic E-state index is 13.9. The molecule has 3 saturated heterocycles. The van der Waals surface area contributed by atoms with Gasteiger partial charge in [-0.25, -0.2) is 14.4 Å². The molecule has 1 aliphatic carbocycles. The summed E-state index contributed by atoms with van der Waals surface area (Å²) in [6, 6.07) is 6.54. The SMILES string of the molecule is COc1cc([C@@H]2c3cc4c(cc3[C@@H](O[C@@H]3O[C@@H]5CO[C@@H](C)O[C@H]5[C@H](OC(=O)C(Cl)Cl)[C@H]3OC(=O)C(Cl)Cl)[C@H]3COC(=O)[C@H]23)OCO4)cc(OC)c1OC(=O)C(Cl)Cl. The molecule has 10 atom stereocenters. The number of benzene rings is 2. The summed E-state index contributed by atoms with van der Waals surface area (Å²) in [5.41, 5.74) is 1.50. The molecule has 22 heteroatoms. The predicted octanol–water partition coefficient (Wildman–Crippen LogP) is 5.05. The smallest absolute Gasteiger partial charge is 0.345 e. The molecule has 5 aliphatic rings. The van der Waals surface area contributed by atoms with E-state index in [1.165, 1.54) is 14.2 Å². The van der Waals surface area contributed by atoms with E-state index in [2.05, 4.69) is 0 Å². The monoisotopic (exact) mass is 918 g/mol. The van der Waals surface area contributed by atoms with Crippen LogP contribution in [-0.2, 0) is 52.3 Å². The Labute approximate surface area is 354 Å². The van der Waals surface area contributed by atoms with Crippen LogP contribution in [0.4, 0.5) is 0 Å². The molecule has 0 radical (unpaired) electrons. The van der Waals surface area contributed by atoms with Gasteiger partial charge in [0.05, 0.1) is 39.5 Å². The number of alkyl halides is 6. The normalized spacial score (nSPS) is 29.9. The van der Waals surface area contributed by atoms with Gasteiger partial charge in [-0.15, -0.1) is 0 Å². The van der Waals surface area contributed by atoms with Crippen molar-refractivity contribution in [1.29, 1.82) is 0 Å². The number of cyclic esters (lactones) is 1. The summed E-state index contributed by atoms with van der Waals surface area (Å²) in [4.78, 5) is 47.4. The maximum Gasteiger partial charge on any atom is 0.345 e. The van der Waals surface area contributed by atoms with Crippen LogP contribution in [0, 0.1) is 11.8 Å². The van der Waals surface area contributed by atoms with E-state index in [0.717, 1.165) is 0 Å². The van der Waals surface area contributed by atoms with Crippen LogP contribution >= 0.6 is 69.6 Å². The van der Waals surface area contributed by atoms with Gasteiger partial charge in [0, 0.05) is 11.8 Å². The van der Waals surface area contributed by atoms with Gasteiger partial charge >= 0.3 is 23.9 Å². The van der Waals surface area contributed by atoms with Crippen LogP contribution in [0.3, 0.4) is 0 Å². The van der Waals surface area contributed by atoms with Crippen LogP contribution in [0.1, 0.15) is 35.6 Å². The highest BCUT2D eigenvalue weighted by atomic mass is 35.5. The Morgan fingerprint density at radius 1 is 0.754 bits per heavy atom. The van der Waals surface area contributed by atoms with E-state index in [0.29, 0.717) is 28.2 Å². The number of carbonyl (C=O) groups excluding carboxylic acids is 4. The average molecular weight is 921 g/mol. The number of hydrogen-bond acceptors (Lipinski definition) is 16. The Balaban J connectivity index is 1.34. The zero-order valence-electron chi connectivity index (χ0n) is 29.7. The summed E-state index contributed by atoms with van der Waals surface area (Å²) in [5, 5.41) is 0. The molecule has 0 aromatic heterocycles. The van der Waals surface area contributed by atoms with Gasteiger partial charge < -0.3 is 56.8 Å². The van der Waals surface area contributed by atoms with E-state index in [4.69, 9.17) is 126 Å². The summed E-state index contributed by atoms with van der Waals surface area (Å²) in [7, 11) is 2.70. The number of fused-ring (bicyclic) bond motifs is 4. The Morgan fingerprint density at radius 3 is 1.95 bits per heavy atom. The van der Waals surface area contributed by atoms with Gasteiger partial charge in [-0.3, -0.25) is 4.79 Å². The van der Waals surface area contributed by atoms with Gasteiger partial charge in [-0.05, 0) is 47.9 Å². The van der Waals surface area contributed by atoms with Crippen molar-refractivity contribution in [3.8, 4) is 28.7 Å². The molecule has 57 heavy (non-hydrogen) atoms. The van der Waals surface area contributed by atoms with Gasteiger partial charge in [-0.2, -0.15) is 0 Å². The zero-order valence-corrected chi connectivity index (χ0v) is 34.3. The highest BCUT2D eigenvalue weighted by molar-refractivity contribution is 6.53. The van der Waals surface area contributed by atoms with Crippen LogP contribution in [0.2, 0.25) is 0 Å². The first-order valence-corrected chi connectivity index (χ1v) is 19.7. The van der Waals surface area contributed by atoms with Gasteiger partial charge in [0.2, 0.25) is 27.1 Å². The Kier molecular flexibility index (Phi) is 12.9. The maximum absolute atomic E-state index is 13.9. The molecule has 0 amide bonds. The highest BCUT2D eigenvalue weighted by Crippen LogP contribution is 2.57. The van der Waals surface area contributed by atoms with Crippen molar-refractivity contribution in [3.05, 3.63) is 41.0 Å². The third kappa shape index (κ3) is 8.32. The fourth-order valence-electron chi connectivity index (χ4n) is 7.56. The van der Waals surface area contributed by atoms with Crippen molar-refractivity contribution in [1.82, 2.24) is 0 Å². The standard InChI is InChI=1S/C35H32Cl6O16/c1-11-48-9-20-25(52-11)26(55-33(44)29(38)39)27(56-34(45)30(40)41)35(53-20)57-23-14-7-17-16(50-10-51-17)6-13(14)21(22-15(23)8-49-31(22)42)12-4-18(46-2)24(19(5-12)47-3)54-32(43)28(36)37/h4-7,11,15,20-23,25-30,35H,8-10H2,1-3H3/t11-,15+,20-,21-,22+,23-,25-,26+,27-,35+/m1/s1. The first-order chi connectivity index (χ1) is 27.2. The predicted molar refractivity (Wildman–Crippen MR) is 197 cm³/mol. The summed E-state index contributed by atoms with van der Waals surface area (Å²) in [6.45, 7) is 1.33. The molecule has 4 aliphatic heterocycles. The molecule has 2 aromatic carbocycles. The molecule has 16 nitrogen and oxygen atoms in total. The lowest BCUT2D eigenvalue weighted by Crippen LogP contribution is -2.65. The van der Waals surface area contributed by atoms with Gasteiger partial charge in [-0.1, -0.05) is 69.6 Å². The van der Waals surface area contributed by atoms with Gasteiger partial charge in [0.15, 0.2) is 47.8 Å². The largest absolute Gasteiger partial charge is 0.493 e. The number of ether oxygens (including phenoxy) is 12. The van der Waals surface area contributed by atoms with Gasteiger partial charge in [0.1, 0.15) is 12.2 Å². The zero-order chi connectivity index (χ0) is 40.9. The number of rotatable bonds is 11. The summed E-state index contributed by atoms with van der Waals surface area (Å²) in [6.07, 6.45) is -8.44. The fourth-order valence-corrected chi connectivity index (χ4v) is 7.86. The number of carbonyl (C=O) groups is 4. The van der Waals surface area contributed by atoms with Crippen molar-refractivity contribution < 1.29 is 76.0 Å². The van der Waals surface area contributed by atoms with Crippen LogP contribution in [-0.4, -0.2) is 110 Å². The van der Waals surface area contributed by atoms with Crippen molar-refractivity contribution >= 4 is 93.5 Å². The third-order valence-corrected chi connectivity index (χ3v) is 11.0. The van der Waals surface area contributed by atoms with Crippen LogP contribution in [0.25, 0.3) is 0 Å².